The fourth-order valence-corrected chi connectivity index (χ4v) is 2.64. The smallest absolute Gasteiger partial charge is 0.270 e. The molecule has 6 heteroatoms. The molecule has 1 aromatic rings. The van der Waals surface area contributed by atoms with Gasteiger partial charge in [0.25, 0.3) is 5.91 Å². The molecule has 1 unspecified atom stereocenters. The first-order chi connectivity index (χ1) is 8.16. The lowest BCUT2D eigenvalue weighted by atomic mass is 10.0. The number of hydrogen-bond acceptors (Lipinski definition) is 5. The lowest BCUT2D eigenvalue weighted by molar-refractivity contribution is 0.0924. The Morgan fingerprint density at radius 3 is 3.18 bits per heavy atom. The molecule has 2 rings (SSSR count). The lowest BCUT2D eigenvalue weighted by Gasteiger charge is -2.32. The summed E-state index contributed by atoms with van der Waals surface area (Å²) in [6, 6.07) is 0.448. The molecule has 0 saturated carbocycles. The first kappa shape index (κ1) is 12.3. The van der Waals surface area contributed by atoms with Crippen LogP contribution in [0.4, 0.5) is 5.13 Å². The Hall–Kier alpha value is -1.14. The summed E-state index contributed by atoms with van der Waals surface area (Å²) >= 11 is 1.29. The largest absolute Gasteiger partial charge is 0.375 e. The van der Waals surface area contributed by atoms with Gasteiger partial charge in [-0.3, -0.25) is 4.79 Å². The summed E-state index contributed by atoms with van der Waals surface area (Å²) in [6.07, 6.45) is 3.65. The number of amides is 1. The van der Waals surface area contributed by atoms with Gasteiger partial charge < -0.3 is 16.0 Å². The molecule has 1 aromatic heterocycles. The van der Waals surface area contributed by atoms with Crippen LogP contribution in [-0.2, 0) is 0 Å². The average Bonchev–Trinajstić information content (AvgIpc) is 2.74. The first-order valence-corrected chi connectivity index (χ1v) is 6.74. The highest BCUT2D eigenvalue weighted by molar-refractivity contribution is 7.13. The number of aromatic nitrogens is 1. The molecule has 94 valence electrons. The molecule has 0 aliphatic carbocycles. The van der Waals surface area contributed by atoms with E-state index in [4.69, 9.17) is 5.73 Å². The van der Waals surface area contributed by atoms with Gasteiger partial charge in [0.2, 0.25) is 0 Å². The summed E-state index contributed by atoms with van der Waals surface area (Å²) in [5, 5.41) is 5.05. The molecule has 17 heavy (non-hydrogen) atoms. The summed E-state index contributed by atoms with van der Waals surface area (Å²) in [6.45, 7) is 1.80. The number of rotatable bonds is 3. The van der Waals surface area contributed by atoms with Crippen molar-refractivity contribution in [2.45, 2.75) is 25.3 Å². The second-order valence-electron chi connectivity index (χ2n) is 4.41. The number of carbonyl (C=O) groups is 1. The van der Waals surface area contributed by atoms with Crippen molar-refractivity contribution < 1.29 is 4.79 Å². The number of nitrogens with zero attached hydrogens (tertiary/aromatic N) is 2. The second-order valence-corrected chi connectivity index (χ2v) is 5.30. The molecule has 0 spiro atoms. The lowest BCUT2D eigenvalue weighted by Crippen LogP contribution is -2.44. The van der Waals surface area contributed by atoms with E-state index in [9.17, 15) is 4.79 Å². The number of nitrogen functional groups attached to an aromatic ring is 1. The highest BCUT2D eigenvalue weighted by atomic mass is 32.1. The summed E-state index contributed by atoms with van der Waals surface area (Å²) in [5.41, 5.74) is 5.92. The fraction of sp³-hybridized carbons (Fsp3) is 0.636. The van der Waals surface area contributed by atoms with Gasteiger partial charge in [0.15, 0.2) is 5.13 Å². The third-order valence-electron chi connectivity index (χ3n) is 3.17. The molecule has 2 heterocycles. The standard InChI is InChI=1S/C11H18N4OS/c1-15-5-3-2-4-8(15)6-13-10(16)9-7-17-11(12)14-9/h7-8H,2-6H2,1H3,(H2,12,14)(H,13,16). The zero-order valence-corrected chi connectivity index (χ0v) is 10.8. The van der Waals surface area contributed by atoms with E-state index in [1.165, 1.54) is 24.2 Å². The van der Waals surface area contributed by atoms with Gasteiger partial charge >= 0.3 is 0 Å². The Morgan fingerprint density at radius 1 is 1.71 bits per heavy atom. The number of thiazole rings is 1. The number of likely N-dealkylation sites (tertiary alicyclic amines) is 1. The van der Waals surface area contributed by atoms with Crippen molar-refractivity contribution in [1.29, 1.82) is 0 Å². The van der Waals surface area contributed by atoms with Gasteiger partial charge in [0.05, 0.1) is 0 Å². The number of hydrogen-bond donors (Lipinski definition) is 2. The zero-order valence-electron chi connectivity index (χ0n) is 9.98. The highest BCUT2D eigenvalue weighted by Gasteiger charge is 2.20. The number of piperidine rings is 1. The van der Waals surface area contributed by atoms with E-state index in [-0.39, 0.29) is 5.91 Å². The summed E-state index contributed by atoms with van der Waals surface area (Å²) in [4.78, 5) is 18.0. The zero-order chi connectivity index (χ0) is 12.3. The molecule has 3 N–H and O–H groups in total. The van der Waals surface area contributed by atoms with Crippen molar-refractivity contribution >= 4 is 22.4 Å². The van der Waals surface area contributed by atoms with Crippen molar-refractivity contribution in [3.63, 3.8) is 0 Å². The van der Waals surface area contributed by atoms with Crippen LogP contribution in [0.5, 0.6) is 0 Å². The van der Waals surface area contributed by atoms with Gasteiger partial charge in [-0.15, -0.1) is 11.3 Å². The minimum atomic E-state index is -0.128. The van der Waals surface area contributed by atoms with Crippen molar-refractivity contribution in [3.05, 3.63) is 11.1 Å². The number of anilines is 1. The van der Waals surface area contributed by atoms with Crippen LogP contribution < -0.4 is 11.1 Å². The number of likely N-dealkylation sites (N-methyl/N-ethyl adjacent to an activating group) is 1. The van der Waals surface area contributed by atoms with E-state index in [1.54, 1.807) is 5.38 Å². The second kappa shape index (κ2) is 5.46. The van der Waals surface area contributed by atoms with Crippen LogP contribution in [0.2, 0.25) is 0 Å². The Balaban J connectivity index is 1.83. The molecule has 1 aliphatic rings. The van der Waals surface area contributed by atoms with Gasteiger partial charge in [0.1, 0.15) is 5.69 Å². The third kappa shape index (κ3) is 3.17. The first-order valence-electron chi connectivity index (χ1n) is 5.86. The van der Waals surface area contributed by atoms with E-state index in [0.29, 0.717) is 23.4 Å². The quantitative estimate of drug-likeness (QED) is 0.842. The Bertz CT molecular complexity index is 393. The van der Waals surface area contributed by atoms with Gasteiger partial charge in [0, 0.05) is 18.0 Å². The molecule has 1 atom stereocenters. The highest BCUT2D eigenvalue weighted by Crippen LogP contribution is 2.14. The molecule has 0 radical (unpaired) electrons. The van der Waals surface area contributed by atoms with Crippen LogP contribution in [0.15, 0.2) is 5.38 Å². The number of nitrogens with one attached hydrogen (secondary N) is 1. The SMILES string of the molecule is CN1CCCCC1CNC(=O)c1csc(N)n1. The number of nitrogens with two attached hydrogens (primary N) is 1. The van der Waals surface area contributed by atoms with Crippen LogP contribution in [-0.4, -0.2) is 42.0 Å². The predicted octanol–water partition coefficient (Wildman–Crippen LogP) is 0.939. The minimum Gasteiger partial charge on any atom is -0.375 e. The molecule has 5 nitrogen and oxygen atoms in total. The van der Waals surface area contributed by atoms with E-state index < -0.39 is 0 Å². The van der Waals surface area contributed by atoms with E-state index in [1.807, 2.05) is 0 Å². The Kier molecular flexibility index (Phi) is 3.96. The van der Waals surface area contributed by atoms with Crippen LogP contribution in [0, 0.1) is 0 Å². The average molecular weight is 254 g/mol. The topological polar surface area (TPSA) is 71.2 Å². The molecule has 1 amide bonds. The van der Waals surface area contributed by atoms with E-state index in [0.717, 1.165) is 13.0 Å². The van der Waals surface area contributed by atoms with Gasteiger partial charge in [-0.2, -0.15) is 0 Å². The van der Waals surface area contributed by atoms with Crippen molar-refractivity contribution in [3.8, 4) is 0 Å². The molecular weight excluding hydrogens is 236 g/mol. The summed E-state index contributed by atoms with van der Waals surface area (Å²) < 4.78 is 0. The van der Waals surface area contributed by atoms with Crippen LogP contribution in [0.1, 0.15) is 29.8 Å². The van der Waals surface area contributed by atoms with Crippen molar-refractivity contribution in [2.24, 2.45) is 0 Å². The van der Waals surface area contributed by atoms with Crippen LogP contribution >= 0.6 is 11.3 Å². The normalized spacial score (nSPS) is 21.4. The maximum atomic E-state index is 11.8. The Labute approximate surface area is 105 Å². The molecule has 0 bridgehead atoms. The van der Waals surface area contributed by atoms with Crippen molar-refractivity contribution in [1.82, 2.24) is 15.2 Å². The molecule has 1 saturated heterocycles. The van der Waals surface area contributed by atoms with Crippen LogP contribution in [0.25, 0.3) is 0 Å². The maximum absolute atomic E-state index is 11.8. The van der Waals surface area contributed by atoms with Gasteiger partial charge in [-0.05, 0) is 26.4 Å². The third-order valence-corrected chi connectivity index (χ3v) is 3.85. The maximum Gasteiger partial charge on any atom is 0.270 e. The van der Waals surface area contributed by atoms with Gasteiger partial charge in [-0.25, -0.2) is 4.98 Å². The molecule has 1 aliphatic heterocycles. The monoisotopic (exact) mass is 254 g/mol. The minimum absolute atomic E-state index is 0.128. The molecule has 1 fully saturated rings. The predicted molar refractivity (Wildman–Crippen MR) is 69.1 cm³/mol. The molecular formula is C11H18N4OS. The van der Waals surface area contributed by atoms with E-state index >= 15 is 0 Å². The van der Waals surface area contributed by atoms with Crippen molar-refractivity contribution in [2.75, 3.05) is 25.9 Å². The Morgan fingerprint density at radius 2 is 2.53 bits per heavy atom. The fourth-order valence-electron chi connectivity index (χ4n) is 2.09. The van der Waals surface area contributed by atoms with Gasteiger partial charge in [-0.1, -0.05) is 6.42 Å². The summed E-state index contributed by atoms with van der Waals surface area (Å²) in [5.74, 6) is -0.128. The number of carbonyl (C=O) groups excluding carboxylic acids is 1. The van der Waals surface area contributed by atoms with E-state index in [2.05, 4.69) is 22.2 Å². The van der Waals surface area contributed by atoms with Crippen LogP contribution in [0.3, 0.4) is 0 Å². The molecule has 0 aromatic carbocycles. The summed E-state index contributed by atoms with van der Waals surface area (Å²) in [7, 11) is 2.11.